The Morgan fingerprint density at radius 2 is 1.89 bits per heavy atom. The first-order chi connectivity index (χ1) is 4.10. The van der Waals surface area contributed by atoms with Gasteiger partial charge in [-0.25, -0.2) is 0 Å². The topological polar surface area (TPSA) is 0 Å². The Labute approximate surface area is 75.7 Å². The maximum Gasteiger partial charge on any atom is 0.101 e. The van der Waals surface area contributed by atoms with E-state index in [1.165, 1.54) is 0 Å². The molecular weight excluding hydrogens is 188 g/mol. The van der Waals surface area contributed by atoms with Crippen LogP contribution in [0, 0.1) is 0 Å². The summed E-state index contributed by atoms with van der Waals surface area (Å²) in [7, 11) is 0. The predicted molar refractivity (Wildman–Crippen MR) is 55.1 cm³/mol. The molecule has 0 aromatic rings. The maximum absolute atomic E-state index is 4.45. The lowest BCUT2D eigenvalue weighted by atomic mass is 10.5. The molecule has 1 rings (SSSR count). The monoisotopic (exact) mass is 198 g/mol. The molecule has 1 fully saturated rings. The fourth-order valence-corrected chi connectivity index (χ4v) is 3.62. The molecule has 0 bridgehead atoms. The van der Waals surface area contributed by atoms with Crippen molar-refractivity contribution >= 4 is 48.8 Å². The minimum absolute atomic E-state index is 0.138. The summed E-state index contributed by atoms with van der Waals surface area (Å²) in [5, 5.41) is 0.570. The van der Waals surface area contributed by atoms with Gasteiger partial charge in [-0.3, -0.25) is 0 Å². The van der Waals surface area contributed by atoms with Crippen molar-refractivity contribution in [3.63, 3.8) is 0 Å². The second-order valence-corrected chi connectivity index (χ2v) is 7.54. The number of hydrogen-bond acceptors (Lipinski definition) is 4. The lowest BCUT2D eigenvalue weighted by molar-refractivity contribution is 1.12. The Morgan fingerprint density at radius 3 is 2.22 bits per heavy atom. The zero-order chi connectivity index (χ0) is 6.91. The lowest BCUT2D eigenvalue weighted by Gasteiger charge is -2.29. The number of thioether (sulfide) groups is 2. The van der Waals surface area contributed by atoms with E-state index in [0.717, 1.165) is 11.5 Å². The maximum atomic E-state index is 4.45. The first-order valence-electron chi connectivity index (χ1n) is 2.78. The van der Waals surface area contributed by atoms with E-state index in [4.69, 9.17) is 0 Å². The SMILES string of the molecule is CC1(S)SCC(S)CS1. The van der Waals surface area contributed by atoms with Gasteiger partial charge in [0.15, 0.2) is 0 Å². The normalized spacial score (nSPS) is 45.0. The Hall–Kier alpha value is 1.40. The van der Waals surface area contributed by atoms with Gasteiger partial charge >= 0.3 is 0 Å². The van der Waals surface area contributed by atoms with Crippen molar-refractivity contribution < 1.29 is 0 Å². The molecule has 1 heterocycles. The second kappa shape index (κ2) is 3.20. The van der Waals surface area contributed by atoms with Gasteiger partial charge in [0, 0.05) is 16.8 Å². The smallest absolute Gasteiger partial charge is 0.101 e. The van der Waals surface area contributed by atoms with Gasteiger partial charge in [0.05, 0.1) is 0 Å². The number of rotatable bonds is 0. The molecule has 1 aliphatic heterocycles. The van der Waals surface area contributed by atoms with Gasteiger partial charge in [-0.1, -0.05) is 0 Å². The average Bonchev–Trinajstić information content (AvgIpc) is 1.78. The minimum Gasteiger partial charge on any atom is -0.174 e. The fraction of sp³-hybridized carbons (Fsp3) is 1.00. The van der Waals surface area contributed by atoms with Crippen molar-refractivity contribution in [3.05, 3.63) is 0 Å². The van der Waals surface area contributed by atoms with Crippen LogP contribution in [-0.2, 0) is 0 Å². The molecule has 1 saturated heterocycles. The van der Waals surface area contributed by atoms with Crippen molar-refractivity contribution in [2.75, 3.05) is 11.5 Å². The van der Waals surface area contributed by atoms with Gasteiger partial charge in [0.25, 0.3) is 0 Å². The van der Waals surface area contributed by atoms with Crippen LogP contribution in [0.1, 0.15) is 6.92 Å². The summed E-state index contributed by atoms with van der Waals surface area (Å²) in [4.78, 5) is 0. The van der Waals surface area contributed by atoms with Crippen LogP contribution in [0.4, 0.5) is 0 Å². The molecule has 0 spiro atoms. The van der Waals surface area contributed by atoms with E-state index in [0.29, 0.717) is 5.25 Å². The molecule has 0 unspecified atom stereocenters. The van der Waals surface area contributed by atoms with Crippen molar-refractivity contribution in [1.82, 2.24) is 0 Å². The summed E-state index contributed by atoms with van der Waals surface area (Å²) < 4.78 is 0.138. The molecular formula is C5H10S4. The first-order valence-corrected chi connectivity index (χ1v) is 5.72. The molecule has 0 aromatic heterocycles. The fourth-order valence-electron chi connectivity index (χ4n) is 0.591. The molecule has 0 atom stereocenters. The summed E-state index contributed by atoms with van der Waals surface area (Å²) in [6.07, 6.45) is 0. The van der Waals surface area contributed by atoms with Crippen LogP contribution in [0.25, 0.3) is 0 Å². The van der Waals surface area contributed by atoms with Crippen molar-refractivity contribution in [1.29, 1.82) is 0 Å². The van der Waals surface area contributed by atoms with Crippen molar-refractivity contribution in [2.45, 2.75) is 15.6 Å². The van der Waals surface area contributed by atoms with Crippen LogP contribution in [-0.4, -0.2) is 20.2 Å². The third kappa shape index (κ3) is 2.87. The average molecular weight is 198 g/mol. The molecule has 0 nitrogen and oxygen atoms in total. The molecule has 54 valence electrons. The van der Waals surface area contributed by atoms with E-state index < -0.39 is 0 Å². The lowest BCUT2D eigenvalue weighted by Crippen LogP contribution is -2.21. The highest BCUT2D eigenvalue weighted by Crippen LogP contribution is 2.45. The van der Waals surface area contributed by atoms with Crippen LogP contribution >= 0.6 is 48.8 Å². The van der Waals surface area contributed by atoms with Crippen LogP contribution in [0.2, 0.25) is 0 Å². The van der Waals surface area contributed by atoms with Crippen LogP contribution in [0.15, 0.2) is 0 Å². The molecule has 0 radical (unpaired) electrons. The van der Waals surface area contributed by atoms with Gasteiger partial charge in [0.1, 0.15) is 3.41 Å². The summed E-state index contributed by atoms with van der Waals surface area (Å²) in [6.45, 7) is 2.14. The van der Waals surface area contributed by atoms with Gasteiger partial charge in [-0.05, 0) is 6.92 Å². The van der Waals surface area contributed by atoms with E-state index >= 15 is 0 Å². The van der Waals surface area contributed by atoms with E-state index in [2.05, 4.69) is 32.2 Å². The number of hydrogen-bond donors (Lipinski definition) is 2. The van der Waals surface area contributed by atoms with E-state index in [1.807, 2.05) is 23.5 Å². The van der Waals surface area contributed by atoms with Crippen LogP contribution in [0.5, 0.6) is 0 Å². The zero-order valence-corrected chi connectivity index (χ0v) is 8.62. The molecule has 0 aromatic carbocycles. The predicted octanol–water partition coefficient (Wildman–Crippen LogP) is 2.37. The molecule has 1 aliphatic rings. The zero-order valence-electron chi connectivity index (χ0n) is 5.20. The Bertz CT molecular complexity index is 91.1. The standard InChI is InChI=1S/C5H10S4/c1-5(7)8-2-4(6)3-9-5/h4,6-7H,2-3H2,1H3. The third-order valence-electron chi connectivity index (χ3n) is 1.09. The van der Waals surface area contributed by atoms with E-state index in [9.17, 15) is 0 Å². The highest BCUT2D eigenvalue weighted by atomic mass is 32.3. The molecule has 0 saturated carbocycles. The summed E-state index contributed by atoms with van der Waals surface area (Å²) in [5.41, 5.74) is 0. The van der Waals surface area contributed by atoms with Gasteiger partial charge in [-0.15, -0.1) is 23.5 Å². The first kappa shape index (κ1) is 8.50. The second-order valence-electron chi connectivity index (χ2n) is 2.17. The quantitative estimate of drug-likeness (QED) is 0.574. The summed E-state index contributed by atoms with van der Waals surface area (Å²) >= 11 is 12.6. The van der Waals surface area contributed by atoms with Crippen LogP contribution < -0.4 is 0 Å². The van der Waals surface area contributed by atoms with Gasteiger partial charge in [-0.2, -0.15) is 25.3 Å². The van der Waals surface area contributed by atoms with Gasteiger partial charge in [0.2, 0.25) is 0 Å². The Balaban J connectivity index is 2.35. The largest absolute Gasteiger partial charge is 0.174 e. The van der Waals surface area contributed by atoms with E-state index in [-0.39, 0.29) is 3.41 Å². The molecule has 0 amide bonds. The highest BCUT2D eigenvalue weighted by molar-refractivity contribution is 8.30. The third-order valence-corrected chi connectivity index (χ3v) is 5.64. The Morgan fingerprint density at radius 1 is 1.44 bits per heavy atom. The minimum atomic E-state index is 0.138. The summed E-state index contributed by atoms with van der Waals surface area (Å²) in [6, 6.07) is 0. The highest BCUT2D eigenvalue weighted by Gasteiger charge is 2.26. The van der Waals surface area contributed by atoms with Gasteiger partial charge < -0.3 is 0 Å². The van der Waals surface area contributed by atoms with Crippen molar-refractivity contribution in [3.8, 4) is 0 Å². The molecule has 0 aliphatic carbocycles. The van der Waals surface area contributed by atoms with Crippen molar-refractivity contribution in [2.24, 2.45) is 0 Å². The molecule has 4 heteroatoms. The van der Waals surface area contributed by atoms with Crippen LogP contribution in [0.3, 0.4) is 0 Å². The summed E-state index contributed by atoms with van der Waals surface area (Å²) in [5.74, 6) is 2.27. The number of thiol groups is 2. The van der Waals surface area contributed by atoms with E-state index in [1.54, 1.807) is 0 Å². The Kier molecular flexibility index (Phi) is 3.02. The molecule has 9 heavy (non-hydrogen) atoms. The molecule has 0 N–H and O–H groups in total.